The van der Waals surface area contributed by atoms with E-state index >= 15 is 0 Å². The first kappa shape index (κ1) is 10.6. The van der Waals surface area contributed by atoms with Crippen molar-refractivity contribution in [3.8, 4) is 0 Å². The molecular weight excluding hydrogens is 228 g/mol. The van der Waals surface area contributed by atoms with Crippen molar-refractivity contribution in [3.05, 3.63) is 21.4 Å². The molecule has 17 heavy (non-hydrogen) atoms. The first-order valence-corrected chi connectivity index (χ1v) is 7.96. The van der Waals surface area contributed by atoms with E-state index in [1.807, 2.05) is 11.3 Å². The summed E-state index contributed by atoms with van der Waals surface area (Å²) in [6, 6.07) is 2.35. The van der Waals surface area contributed by atoms with Gasteiger partial charge in [-0.3, -0.25) is 0 Å². The van der Waals surface area contributed by atoms with Crippen molar-refractivity contribution in [2.45, 2.75) is 57.0 Å². The number of aliphatic hydroxyl groups is 1. The van der Waals surface area contributed by atoms with E-state index in [2.05, 4.69) is 6.07 Å². The summed E-state index contributed by atoms with van der Waals surface area (Å²) in [5, 5.41) is 10.8. The standard InChI is InChI=1S/C15H20OS/c16-15(11-6-4-7-12(11)15)14-9-10-5-2-1-3-8-13(10)17-14/h9,11-12,16H,1-8H2. The zero-order chi connectivity index (χ0) is 11.5. The van der Waals surface area contributed by atoms with Crippen molar-refractivity contribution >= 4 is 11.3 Å². The molecule has 2 fully saturated rings. The summed E-state index contributed by atoms with van der Waals surface area (Å²) < 4.78 is 0. The van der Waals surface area contributed by atoms with Gasteiger partial charge in [-0.25, -0.2) is 0 Å². The Labute approximate surface area is 107 Å². The van der Waals surface area contributed by atoms with Crippen LogP contribution in [0, 0.1) is 11.8 Å². The van der Waals surface area contributed by atoms with Crippen LogP contribution < -0.4 is 0 Å². The van der Waals surface area contributed by atoms with E-state index in [1.54, 1.807) is 10.4 Å². The topological polar surface area (TPSA) is 20.2 Å². The second kappa shape index (κ2) is 3.58. The van der Waals surface area contributed by atoms with Crippen molar-refractivity contribution in [1.29, 1.82) is 0 Å². The maximum atomic E-state index is 10.8. The van der Waals surface area contributed by atoms with Crippen molar-refractivity contribution in [3.63, 3.8) is 0 Å². The Bertz CT molecular complexity index is 414. The summed E-state index contributed by atoms with van der Waals surface area (Å²) in [4.78, 5) is 2.88. The van der Waals surface area contributed by atoms with Crippen molar-refractivity contribution in [1.82, 2.24) is 0 Å². The van der Waals surface area contributed by atoms with E-state index in [-0.39, 0.29) is 0 Å². The molecular formula is C15H20OS. The normalized spacial score (nSPS) is 39.6. The quantitative estimate of drug-likeness (QED) is 0.752. The maximum absolute atomic E-state index is 10.8. The Balaban J connectivity index is 1.67. The van der Waals surface area contributed by atoms with Crippen LogP contribution in [0.3, 0.4) is 0 Å². The summed E-state index contributed by atoms with van der Waals surface area (Å²) in [5.74, 6) is 1.20. The smallest absolute Gasteiger partial charge is 0.105 e. The first-order chi connectivity index (χ1) is 8.30. The predicted molar refractivity (Wildman–Crippen MR) is 70.3 cm³/mol. The Morgan fingerprint density at radius 3 is 2.65 bits per heavy atom. The minimum atomic E-state index is -0.394. The monoisotopic (exact) mass is 248 g/mol. The molecule has 2 saturated carbocycles. The highest BCUT2D eigenvalue weighted by Gasteiger charge is 2.66. The van der Waals surface area contributed by atoms with Gasteiger partial charge in [-0.1, -0.05) is 12.8 Å². The number of hydrogen-bond acceptors (Lipinski definition) is 2. The molecule has 1 heterocycles. The van der Waals surface area contributed by atoms with Gasteiger partial charge in [-0.05, 0) is 62.0 Å². The zero-order valence-corrected chi connectivity index (χ0v) is 11.1. The van der Waals surface area contributed by atoms with E-state index < -0.39 is 5.60 Å². The minimum absolute atomic E-state index is 0.394. The highest BCUT2D eigenvalue weighted by molar-refractivity contribution is 7.12. The molecule has 0 radical (unpaired) electrons. The van der Waals surface area contributed by atoms with Crippen LogP contribution in [0.5, 0.6) is 0 Å². The van der Waals surface area contributed by atoms with Crippen LogP contribution in [0.1, 0.15) is 53.8 Å². The average molecular weight is 248 g/mol. The second-order valence-electron chi connectivity index (χ2n) is 6.09. The van der Waals surface area contributed by atoms with Crippen LogP contribution in [0.25, 0.3) is 0 Å². The highest BCUT2D eigenvalue weighted by Crippen LogP contribution is 2.67. The molecule has 1 aromatic heterocycles. The summed E-state index contributed by atoms with van der Waals surface area (Å²) in [6.07, 6.45) is 10.4. The van der Waals surface area contributed by atoms with Gasteiger partial charge in [0.15, 0.2) is 0 Å². The van der Waals surface area contributed by atoms with Gasteiger partial charge in [0.1, 0.15) is 5.60 Å². The third-order valence-electron chi connectivity index (χ3n) is 5.18. The first-order valence-electron chi connectivity index (χ1n) is 7.14. The Morgan fingerprint density at radius 2 is 1.82 bits per heavy atom. The predicted octanol–water partition coefficient (Wildman–Crippen LogP) is 3.63. The molecule has 1 nitrogen and oxygen atoms in total. The van der Waals surface area contributed by atoms with Gasteiger partial charge in [-0.15, -0.1) is 11.3 Å². The number of fused-ring (bicyclic) bond motifs is 2. The molecule has 1 N–H and O–H groups in total. The fraction of sp³-hybridized carbons (Fsp3) is 0.733. The van der Waals surface area contributed by atoms with Crippen LogP contribution in [0.2, 0.25) is 0 Å². The number of thiophene rings is 1. The minimum Gasteiger partial charge on any atom is -0.384 e. The molecule has 2 unspecified atom stereocenters. The van der Waals surface area contributed by atoms with Crippen molar-refractivity contribution in [2.75, 3.05) is 0 Å². The number of aryl methyl sites for hydroxylation is 2. The van der Waals surface area contributed by atoms with Gasteiger partial charge in [0.2, 0.25) is 0 Å². The van der Waals surface area contributed by atoms with Gasteiger partial charge in [0, 0.05) is 9.75 Å². The number of hydrogen-bond donors (Lipinski definition) is 1. The van der Waals surface area contributed by atoms with E-state index in [9.17, 15) is 5.11 Å². The summed E-state index contributed by atoms with van der Waals surface area (Å²) in [7, 11) is 0. The summed E-state index contributed by atoms with van der Waals surface area (Å²) in [6.45, 7) is 0. The third kappa shape index (κ3) is 1.40. The molecule has 0 aliphatic heterocycles. The third-order valence-corrected chi connectivity index (χ3v) is 6.56. The molecule has 2 heteroatoms. The Morgan fingerprint density at radius 1 is 1.06 bits per heavy atom. The van der Waals surface area contributed by atoms with Gasteiger partial charge in [0.25, 0.3) is 0 Å². The largest absolute Gasteiger partial charge is 0.384 e. The van der Waals surface area contributed by atoms with E-state index in [0.717, 1.165) is 0 Å². The van der Waals surface area contributed by atoms with Crippen LogP contribution >= 0.6 is 11.3 Å². The average Bonchev–Trinajstić information content (AvgIpc) is 2.75. The Kier molecular flexibility index (Phi) is 2.23. The molecule has 3 aliphatic carbocycles. The maximum Gasteiger partial charge on any atom is 0.105 e. The molecule has 0 spiro atoms. The lowest BCUT2D eigenvalue weighted by Gasteiger charge is -2.11. The van der Waals surface area contributed by atoms with E-state index in [4.69, 9.17) is 0 Å². The second-order valence-corrected chi connectivity index (χ2v) is 7.23. The molecule has 2 atom stereocenters. The summed E-state index contributed by atoms with van der Waals surface area (Å²) in [5.41, 5.74) is 1.16. The van der Waals surface area contributed by atoms with Gasteiger partial charge in [0.05, 0.1) is 0 Å². The molecule has 3 aliphatic rings. The lowest BCUT2D eigenvalue weighted by molar-refractivity contribution is 0.109. The molecule has 1 aromatic rings. The zero-order valence-electron chi connectivity index (χ0n) is 10.2. The van der Waals surface area contributed by atoms with Crippen LogP contribution in [0.4, 0.5) is 0 Å². The van der Waals surface area contributed by atoms with E-state index in [0.29, 0.717) is 11.8 Å². The molecule has 4 rings (SSSR count). The fourth-order valence-corrected chi connectivity index (χ4v) is 5.62. The van der Waals surface area contributed by atoms with Crippen LogP contribution in [0.15, 0.2) is 6.07 Å². The molecule has 0 amide bonds. The molecule has 0 aromatic carbocycles. The molecule has 92 valence electrons. The fourth-order valence-electron chi connectivity index (χ4n) is 4.15. The lowest BCUT2D eigenvalue weighted by atomic mass is 10.0. The van der Waals surface area contributed by atoms with Crippen molar-refractivity contribution in [2.24, 2.45) is 11.8 Å². The number of rotatable bonds is 1. The highest BCUT2D eigenvalue weighted by atomic mass is 32.1. The SMILES string of the molecule is OC1(c2cc3c(s2)CCCCC3)C2CCCC21. The van der Waals surface area contributed by atoms with Crippen LogP contribution in [-0.4, -0.2) is 5.11 Å². The van der Waals surface area contributed by atoms with Crippen molar-refractivity contribution < 1.29 is 5.11 Å². The van der Waals surface area contributed by atoms with Gasteiger partial charge >= 0.3 is 0 Å². The van der Waals surface area contributed by atoms with E-state index in [1.165, 1.54) is 56.2 Å². The summed E-state index contributed by atoms with van der Waals surface area (Å²) >= 11 is 1.92. The van der Waals surface area contributed by atoms with Gasteiger partial charge in [-0.2, -0.15) is 0 Å². The van der Waals surface area contributed by atoms with Gasteiger partial charge < -0.3 is 5.11 Å². The lowest BCUT2D eigenvalue weighted by Crippen LogP contribution is -2.10. The van der Waals surface area contributed by atoms with Crippen LogP contribution in [-0.2, 0) is 18.4 Å². The molecule has 0 bridgehead atoms. The molecule has 0 saturated heterocycles. The Hall–Kier alpha value is -0.340.